The summed E-state index contributed by atoms with van der Waals surface area (Å²) in [7, 11) is 0. The third kappa shape index (κ3) is 6.05. The van der Waals surface area contributed by atoms with Crippen molar-refractivity contribution in [3.8, 4) is 0 Å². The van der Waals surface area contributed by atoms with Crippen molar-refractivity contribution in [3.63, 3.8) is 0 Å². The van der Waals surface area contributed by atoms with Crippen LogP contribution in [0, 0.1) is 0 Å². The van der Waals surface area contributed by atoms with Crippen molar-refractivity contribution in [3.05, 3.63) is 83.9 Å². The first-order valence-electron chi connectivity index (χ1n) is 10.1. The van der Waals surface area contributed by atoms with E-state index in [1.165, 1.54) is 0 Å². The van der Waals surface area contributed by atoms with Crippen molar-refractivity contribution in [1.29, 1.82) is 0 Å². The van der Waals surface area contributed by atoms with Crippen LogP contribution in [0.15, 0.2) is 72.8 Å². The molecule has 0 saturated carbocycles. The highest BCUT2D eigenvalue weighted by molar-refractivity contribution is 5.90. The standard InChI is InChI=1S/C24H24N2O6/c27-14-21(26-24(31)32-15-16-7-2-1-3-8-16)22(28)25-20(23(29)30)13-18-11-6-10-17-9-4-5-12-19(17)18/h1-12,20-21,27H,13-15H2,(H,25,28)(H,26,31)(H,29,30)/t20-,21-/m0/s1. The average molecular weight is 436 g/mol. The van der Waals surface area contributed by atoms with Gasteiger partial charge < -0.3 is 25.6 Å². The van der Waals surface area contributed by atoms with Crippen LogP contribution in [0.5, 0.6) is 0 Å². The second-order valence-corrected chi connectivity index (χ2v) is 7.18. The zero-order chi connectivity index (χ0) is 22.9. The van der Waals surface area contributed by atoms with Gasteiger partial charge in [-0.25, -0.2) is 9.59 Å². The van der Waals surface area contributed by atoms with Crippen molar-refractivity contribution < 1.29 is 29.3 Å². The maximum Gasteiger partial charge on any atom is 0.408 e. The zero-order valence-electron chi connectivity index (χ0n) is 17.2. The minimum Gasteiger partial charge on any atom is -0.480 e. The molecule has 2 amide bonds. The van der Waals surface area contributed by atoms with Gasteiger partial charge in [0.2, 0.25) is 5.91 Å². The van der Waals surface area contributed by atoms with Gasteiger partial charge >= 0.3 is 12.1 Å². The van der Waals surface area contributed by atoms with Crippen LogP contribution in [0.3, 0.4) is 0 Å². The number of carboxylic acid groups (broad SMARTS) is 1. The molecule has 32 heavy (non-hydrogen) atoms. The van der Waals surface area contributed by atoms with Gasteiger partial charge in [-0.2, -0.15) is 0 Å². The Morgan fingerprint density at radius 2 is 1.53 bits per heavy atom. The Morgan fingerprint density at radius 1 is 0.844 bits per heavy atom. The molecule has 0 bridgehead atoms. The zero-order valence-corrected chi connectivity index (χ0v) is 17.2. The minimum absolute atomic E-state index is 0.00866. The summed E-state index contributed by atoms with van der Waals surface area (Å²) in [4.78, 5) is 36.3. The Kier molecular flexibility index (Phi) is 7.77. The largest absolute Gasteiger partial charge is 0.480 e. The summed E-state index contributed by atoms with van der Waals surface area (Å²) in [5.74, 6) is -2.05. The van der Waals surface area contributed by atoms with Crippen LogP contribution in [0.1, 0.15) is 11.1 Å². The van der Waals surface area contributed by atoms with E-state index in [9.17, 15) is 24.6 Å². The molecule has 3 rings (SSSR count). The second kappa shape index (κ2) is 10.9. The normalized spacial score (nSPS) is 12.5. The van der Waals surface area contributed by atoms with Crippen LogP contribution < -0.4 is 10.6 Å². The summed E-state index contributed by atoms with van der Waals surface area (Å²) in [5, 5.41) is 25.6. The van der Waals surface area contributed by atoms with Crippen LogP contribution in [0.2, 0.25) is 0 Å². The highest BCUT2D eigenvalue weighted by Gasteiger charge is 2.27. The van der Waals surface area contributed by atoms with Crippen molar-refractivity contribution in [1.82, 2.24) is 10.6 Å². The number of nitrogens with one attached hydrogen (secondary N) is 2. The van der Waals surface area contributed by atoms with Gasteiger partial charge in [0, 0.05) is 6.42 Å². The third-order valence-corrected chi connectivity index (χ3v) is 4.92. The topological polar surface area (TPSA) is 125 Å². The maximum absolute atomic E-state index is 12.5. The first kappa shape index (κ1) is 22.8. The van der Waals surface area contributed by atoms with Gasteiger partial charge in [0.05, 0.1) is 6.61 Å². The molecule has 8 heteroatoms. The Labute approximate surface area is 184 Å². The summed E-state index contributed by atoms with van der Waals surface area (Å²) >= 11 is 0. The van der Waals surface area contributed by atoms with Crippen molar-refractivity contribution in [2.24, 2.45) is 0 Å². The van der Waals surface area contributed by atoms with Crippen LogP contribution in [-0.2, 0) is 27.4 Å². The van der Waals surface area contributed by atoms with Crippen LogP contribution in [0.4, 0.5) is 4.79 Å². The number of alkyl carbamates (subject to hydrolysis) is 1. The highest BCUT2D eigenvalue weighted by atomic mass is 16.5. The molecule has 0 aromatic heterocycles. The fourth-order valence-corrected chi connectivity index (χ4v) is 3.26. The summed E-state index contributed by atoms with van der Waals surface area (Å²) in [5.41, 5.74) is 1.51. The summed E-state index contributed by atoms with van der Waals surface area (Å²) < 4.78 is 5.05. The van der Waals surface area contributed by atoms with Crippen LogP contribution in [0.25, 0.3) is 10.8 Å². The molecule has 0 unspecified atom stereocenters. The van der Waals surface area contributed by atoms with E-state index in [0.717, 1.165) is 21.9 Å². The summed E-state index contributed by atoms with van der Waals surface area (Å²) in [6.07, 6.45) is -0.858. The number of aliphatic hydroxyl groups excluding tert-OH is 1. The lowest BCUT2D eigenvalue weighted by Gasteiger charge is -2.20. The molecule has 8 nitrogen and oxygen atoms in total. The molecule has 0 aliphatic heterocycles. The number of fused-ring (bicyclic) bond motifs is 1. The Hall–Kier alpha value is -3.91. The molecule has 0 heterocycles. The molecule has 4 N–H and O–H groups in total. The lowest BCUT2D eigenvalue weighted by Crippen LogP contribution is -2.53. The van der Waals surface area contributed by atoms with E-state index in [1.807, 2.05) is 42.5 Å². The van der Waals surface area contributed by atoms with Gasteiger partial charge in [0.1, 0.15) is 18.7 Å². The van der Waals surface area contributed by atoms with Gasteiger partial charge in [-0.3, -0.25) is 4.79 Å². The van der Waals surface area contributed by atoms with Crippen molar-refractivity contribution in [2.75, 3.05) is 6.61 Å². The lowest BCUT2D eigenvalue weighted by molar-refractivity contribution is -0.142. The number of amides is 2. The van der Waals surface area contributed by atoms with E-state index in [1.54, 1.807) is 30.3 Å². The number of carbonyl (C=O) groups excluding carboxylic acids is 2. The van der Waals surface area contributed by atoms with Crippen molar-refractivity contribution in [2.45, 2.75) is 25.1 Å². The summed E-state index contributed by atoms with van der Waals surface area (Å²) in [6.45, 7) is -0.724. The molecular formula is C24H24N2O6. The van der Waals surface area contributed by atoms with Gasteiger partial charge in [-0.05, 0) is 21.9 Å². The molecule has 0 spiro atoms. The number of carbonyl (C=O) groups is 3. The minimum atomic E-state index is -1.35. The Bertz CT molecular complexity index is 1080. The molecule has 0 fully saturated rings. The molecule has 0 saturated heterocycles. The second-order valence-electron chi connectivity index (χ2n) is 7.18. The van der Waals surface area contributed by atoms with Gasteiger partial charge in [-0.15, -0.1) is 0 Å². The molecule has 2 atom stereocenters. The highest BCUT2D eigenvalue weighted by Crippen LogP contribution is 2.20. The molecular weight excluding hydrogens is 412 g/mol. The van der Waals surface area contributed by atoms with Gasteiger partial charge in [0.25, 0.3) is 0 Å². The SMILES string of the molecule is O=C(N[C@@H](CO)C(=O)N[C@@H](Cc1cccc2ccccc12)C(=O)O)OCc1ccccc1. The first-order valence-corrected chi connectivity index (χ1v) is 10.1. The summed E-state index contributed by atoms with van der Waals surface area (Å²) in [6, 6.07) is 19.4. The first-order chi connectivity index (χ1) is 15.5. The lowest BCUT2D eigenvalue weighted by atomic mass is 9.98. The van der Waals surface area contributed by atoms with Crippen molar-refractivity contribution >= 4 is 28.7 Å². The number of carboxylic acids is 1. The number of benzene rings is 3. The molecule has 166 valence electrons. The van der Waals surface area contributed by atoms with E-state index in [4.69, 9.17) is 4.74 Å². The smallest absolute Gasteiger partial charge is 0.408 e. The average Bonchev–Trinajstić information content (AvgIpc) is 2.81. The molecule has 3 aromatic rings. The number of rotatable bonds is 9. The Balaban J connectivity index is 1.62. The van der Waals surface area contributed by atoms with E-state index in [2.05, 4.69) is 10.6 Å². The predicted octanol–water partition coefficient (Wildman–Crippen LogP) is 2.24. The molecule has 0 aliphatic rings. The number of aliphatic hydroxyl groups is 1. The maximum atomic E-state index is 12.5. The quantitative estimate of drug-likeness (QED) is 0.408. The third-order valence-electron chi connectivity index (χ3n) is 4.92. The van der Waals surface area contributed by atoms with Gasteiger partial charge in [-0.1, -0.05) is 72.8 Å². The van der Waals surface area contributed by atoms with Crippen LogP contribution in [-0.4, -0.2) is 46.9 Å². The number of ether oxygens (including phenoxy) is 1. The van der Waals surface area contributed by atoms with Crippen LogP contribution >= 0.6 is 0 Å². The molecule has 0 radical (unpaired) electrons. The van der Waals surface area contributed by atoms with E-state index in [0.29, 0.717) is 0 Å². The molecule has 0 aliphatic carbocycles. The van der Waals surface area contributed by atoms with Gasteiger partial charge in [0.15, 0.2) is 0 Å². The number of aliphatic carboxylic acids is 1. The number of hydrogen-bond acceptors (Lipinski definition) is 5. The Morgan fingerprint density at radius 3 is 2.25 bits per heavy atom. The van der Waals surface area contributed by atoms with E-state index >= 15 is 0 Å². The predicted molar refractivity (Wildman–Crippen MR) is 118 cm³/mol. The molecule has 3 aromatic carbocycles. The fraction of sp³-hybridized carbons (Fsp3) is 0.208. The monoisotopic (exact) mass is 436 g/mol. The van der Waals surface area contributed by atoms with E-state index in [-0.39, 0.29) is 13.0 Å². The number of hydrogen-bond donors (Lipinski definition) is 4. The fourth-order valence-electron chi connectivity index (χ4n) is 3.26. The van der Waals surface area contributed by atoms with E-state index < -0.39 is 36.7 Å².